The van der Waals surface area contributed by atoms with Gasteiger partial charge in [0.05, 0.1) is 0 Å². The smallest absolute Gasteiger partial charge is 0.188 e. The maximum absolute atomic E-state index is 8.87. The Balaban J connectivity index is 2.50. The molecule has 5 N–H and O–H groups in total. The van der Waals surface area contributed by atoms with E-state index in [1.807, 2.05) is 6.07 Å². The zero-order valence-corrected chi connectivity index (χ0v) is 12.1. The minimum absolute atomic E-state index is 0.00938. The van der Waals surface area contributed by atoms with Gasteiger partial charge in [0.15, 0.2) is 5.84 Å². The van der Waals surface area contributed by atoms with E-state index in [9.17, 15) is 0 Å². The molecule has 0 aromatic carbocycles. The lowest BCUT2D eigenvalue weighted by atomic mass is 9.88. The molecule has 112 valence electrons. The first-order chi connectivity index (χ1) is 9.48. The van der Waals surface area contributed by atoms with Gasteiger partial charge in [0.25, 0.3) is 0 Å². The Hall–Kier alpha value is -1.66. The number of oxime groups is 1. The SMILES string of the molecule is CC(C)(CCCO)CNCc1ccnc(/C(N)=N/O)c1. The molecule has 0 radical (unpaired) electrons. The van der Waals surface area contributed by atoms with Gasteiger partial charge in [0.1, 0.15) is 5.69 Å². The van der Waals surface area contributed by atoms with E-state index in [1.54, 1.807) is 12.3 Å². The van der Waals surface area contributed by atoms with E-state index in [1.165, 1.54) is 0 Å². The van der Waals surface area contributed by atoms with Gasteiger partial charge in [-0.25, -0.2) is 0 Å². The number of aromatic nitrogens is 1. The van der Waals surface area contributed by atoms with Crippen LogP contribution in [-0.4, -0.2) is 34.3 Å². The maximum Gasteiger partial charge on any atom is 0.188 e. The van der Waals surface area contributed by atoms with Crippen LogP contribution in [0.3, 0.4) is 0 Å². The Bertz CT molecular complexity index is 447. The highest BCUT2D eigenvalue weighted by atomic mass is 16.4. The number of nitrogens with one attached hydrogen (secondary N) is 1. The van der Waals surface area contributed by atoms with E-state index in [0.29, 0.717) is 12.2 Å². The predicted octanol–water partition coefficient (Wildman–Crippen LogP) is 1.06. The predicted molar refractivity (Wildman–Crippen MR) is 78.6 cm³/mol. The van der Waals surface area contributed by atoms with Gasteiger partial charge >= 0.3 is 0 Å². The summed E-state index contributed by atoms with van der Waals surface area (Å²) < 4.78 is 0. The number of pyridine rings is 1. The second-order valence-corrected chi connectivity index (χ2v) is 5.63. The minimum atomic E-state index is 0.00938. The Kier molecular flexibility index (Phi) is 6.41. The summed E-state index contributed by atoms with van der Waals surface area (Å²) in [6, 6.07) is 3.69. The number of aliphatic hydroxyl groups is 1. The van der Waals surface area contributed by atoms with Crippen molar-refractivity contribution in [2.45, 2.75) is 33.2 Å². The number of nitrogens with two attached hydrogens (primary N) is 1. The van der Waals surface area contributed by atoms with E-state index < -0.39 is 0 Å². The van der Waals surface area contributed by atoms with Crippen LogP contribution in [0.4, 0.5) is 0 Å². The molecule has 6 heteroatoms. The van der Waals surface area contributed by atoms with Crippen LogP contribution in [0, 0.1) is 5.41 Å². The summed E-state index contributed by atoms with van der Waals surface area (Å²) in [6.45, 7) is 6.12. The van der Waals surface area contributed by atoms with Crippen LogP contribution in [0.1, 0.15) is 37.9 Å². The van der Waals surface area contributed by atoms with Crippen molar-refractivity contribution < 1.29 is 10.3 Å². The quantitative estimate of drug-likeness (QED) is 0.247. The molecule has 0 atom stereocenters. The summed E-state index contributed by atoms with van der Waals surface area (Å²) in [4.78, 5) is 4.04. The van der Waals surface area contributed by atoms with Gasteiger partial charge in [0.2, 0.25) is 0 Å². The lowest BCUT2D eigenvalue weighted by Gasteiger charge is -2.24. The molecule has 1 aromatic rings. The number of nitrogens with zero attached hydrogens (tertiary/aromatic N) is 2. The summed E-state index contributed by atoms with van der Waals surface area (Å²) in [5.74, 6) is 0.00938. The lowest BCUT2D eigenvalue weighted by molar-refractivity contribution is 0.236. The molecule has 0 spiro atoms. The zero-order chi connectivity index (χ0) is 15.0. The Morgan fingerprint density at radius 1 is 1.50 bits per heavy atom. The van der Waals surface area contributed by atoms with Gasteiger partial charge < -0.3 is 21.4 Å². The molecule has 20 heavy (non-hydrogen) atoms. The molecule has 0 aliphatic rings. The van der Waals surface area contributed by atoms with Crippen LogP contribution < -0.4 is 11.1 Å². The van der Waals surface area contributed by atoms with Gasteiger partial charge in [-0.15, -0.1) is 0 Å². The Morgan fingerprint density at radius 2 is 2.25 bits per heavy atom. The summed E-state index contributed by atoms with van der Waals surface area (Å²) in [6.07, 6.45) is 3.43. The van der Waals surface area contributed by atoms with Crippen molar-refractivity contribution in [3.05, 3.63) is 29.6 Å². The van der Waals surface area contributed by atoms with Crippen LogP contribution in [0.5, 0.6) is 0 Å². The molecule has 1 aromatic heterocycles. The van der Waals surface area contributed by atoms with Gasteiger partial charge in [0, 0.05) is 25.9 Å². The van der Waals surface area contributed by atoms with E-state index in [2.05, 4.69) is 29.3 Å². The van der Waals surface area contributed by atoms with Crippen LogP contribution in [0.2, 0.25) is 0 Å². The van der Waals surface area contributed by atoms with Gasteiger partial charge in [-0.05, 0) is 36.0 Å². The van der Waals surface area contributed by atoms with Crippen molar-refractivity contribution in [3.63, 3.8) is 0 Å². The largest absolute Gasteiger partial charge is 0.409 e. The highest BCUT2D eigenvalue weighted by Crippen LogP contribution is 2.20. The first-order valence-electron chi connectivity index (χ1n) is 6.73. The van der Waals surface area contributed by atoms with Gasteiger partial charge in [-0.3, -0.25) is 4.98 Å². The van der Waals surface area contributed by atoms with Crippen molar-refractivity contribution >= 4 is 5.84 Å². The molecule has 0 saturated heterocycles. The highest BCUT2D eigenvalue weighted by Gasteiger charge is 2.16. The first kappa shape index (κ1) is 16.4. The number of hydrogen-bond acceptors (Lipinski definition) is 5. The summed E-state index contributed by atoms with van der Waals surface area (Å²) >= 11 is 0. The van der Waals surface area contributed by atoms with E-state index in [0.717, 1.165) is 24.9 Å². The second kappa shape index (κ2) is 7.81. The molecule has 0 unspecified atom stereocenters. The monoisotopic (exact) mass is 280 g/mol. The second-order valence-electron chi connectivity index (χ2n) is 5.63. The van der Waals surface area contributed by atoms with E-state index in [-0.39, 0.29) is 17.9 Å². The van der Waals surface area contributed by atoms with Crippen molar-refractivity contribution in [1.29, 1.82) is 0 Å². The molecule has 0 aliphatic heterocycles. The minimum Gasteiger partial charge on any atom is -0.409 e. The number of hydrogen-bond donors (Lipinski definition) is 4. The van der Waals surface area contributed by atoms with E-state index in [4.69, 9.17) is 16.0 Å². The molecule has 1 heterocycles. The van der Waals surface area contributed by atoms with Crippen molar-refractivity contribution in [2.24, 2.45) is 16.3 Å². The third-order valence-electron chi connectivity index (χ3n) is 3.14. The fourth-order valence-corrected chi connectivity index (χ4v) is 1.97. The van der Waals surface area contributed by atoms with Crippen LogP contribution >= 0.6 is 0 Å². The molecule has 0 fully saturated rings. The number of aliphatic hydroxyl groups excluding tert-OH is 1. The molecule has 0 aliphatic carbocycles. The molecule has 6 nitrogen and oxygen atoms in total. The molecular formula is C14H24N4O2. The normalized spacial score (nSPS) is 12.7. The Labute approximate surface area is 119 Å². The van der Waals surface area contributed by atoms with E-state index >= 15 is 0 Å². The van der Waals surface area contributed by atoms with Crippen molar-refractivity contribution in [3.8, 4) is 0 Å². The van der Waals surface area contributed by atoms with Crippen molar-refractivity contribution in [2.75, 3.05) is 13.2 Å². The van der Waals surface area contributed by atoms with Crippen LogP contribution in [-0.2, 0) is 6.54 Å². The summed E-state index contributed by atoms with van der Waals surface area (Å²) in [7, 11) is 0. The topological polar surface area (TPSA) is 104 Å². The summed E-state index contributed by atoms with van der Waals surface area (Å²) in [5, 5.41) is 23.8. The molecule has 0 bridgehead atoms. The van der Waals surface area contributed by atoms with Crippen molar-refractivity contribution in [1.82, 2.24) is 10.3 Å². The third kappa shape index (κ3) is 5.54. The fraction of sp³-hybridized carbons (Fsp3) is 0.571. The van der Waals surface area contributed by atoms with Crippen LogP contribution in [0.15, 0.2) is 23.5 Å². The third-order valence-corrected chi connectivity index (χ3v) is 3.14. The van der Waals surface area contributed by atoms with Gasteiger partial charge in [-0.1, -0.05) is 19.0 Å². The molecular weight excluding hydrogens is 256 g/mol. The molecule has 0 amide bonds. The van der Waals surface area contributed by atoms with Gasteiger partial charge in [-0.2, -0.15) is 0 Å². The number of amidine groups is 1. The summed E-state index contributed by atoms with van der Waals surface area (Å²) in [5.41, 5.74) is 7.14. The van der Waals surface area contributed by atoms with Crippen LogP contribution in [0.25, 0.3) is 0 Å². The lowest BCUT2D eigenvalue weighted by Crippen LogP contribution is -2.29. The average molecular weight is 280 g/mol. The number of rotatable bonds is 8. The molecule has 0 saturated carbocycles. The zero-order valence-electron chi connectivity index (χ0n) is 12.1. The highest BCUT2D eigenvalue weighted by molar-refractivity contribution is 5.95. The maximum atomic E-state index is 8.87. The standard InChI is InChI=1S/C14H24N4O2/c1-14(2,5-3-7-19)10-16-9-11-4-6-17-12(8-11)13(15)18-20/h4,6,8,16,19-20H,3,5,7,9-10H2,1-2H3,(H2,15,18). The average Bonchev–Trinajstić information content (AvgIpc) is 2.44. The first-order valence-corrected chi connectivity index (χ1v) is 6.73. The molecule has 1 rings (SSSR count). The fourth-order valence-electron chi connectivity index (χ4n) is 1.97. The Morgan fingerprint density at radius 3 is 2.90 bits per heavy atom.